The summed E-state index contributed by atoms with van der Waals surface area (Å²) in [5.41, 5.74) is 1.99. The molecule has 3 aromatic heterocycles. The first kappa shape index (κ1) is 24.6. The fraction of sp³-hybridized carbons (Fsp3) is 0. The maximum atomic E-state index is 9.31. The predicted octanol–water partition coefficient (Wildman–Crippen LogP) is 4.64. The number of para-hydroxylation sites is 3. The van der Waals surface area contributed by atoms with Crippen molar-refractivity contribution in [1.29, 1.82) is 0 Å². The van der Waals surface area contributed by atoms with Crippen LogP contribution in [0.15, 0.2) is 110 Å². The van der Waals surface area contributed by atoms with Gasteiger partial charge in [0.15, 0.2) is 0 Å². The molecule has 34 heavy (non-hydrogen) atoms. The van der Waals surface area contributed by atoms with E-state index in [0.717, 1.165) is 16.2 Å². The van der Waals surface area contributed by atoms with Crippen LogP contribution in [0.1, 0.15) is 0 Å². The Bertz CT molecular complexity index is 1330. The van der Waals surface area contributed by atoms with Crippen LogP contribution in [0.3, 0.4) is 0 Å². The Morgan fingerprint density at radius 1 is 0.382 bits per heavy atom. The maximum absolute atomic E-state index is 9.31. The van der Waals surface area contributed by atoms with Crippen LogP contribution in [0.5, 0.6) is 17.2 Å². The number of aromatic nitrogens is 3. The minimum atomic E-state index is 0. The van der Waals surface area contributed by atoms with Gasteiger partial charge in [-0.3, -0.25) is 15.0 Å². The van der Waals surface area contributed by atoms with Crippen LogP contribution in [0, 0.1) is 0 Å². The SMILES string of the molecule is Oc1cccc2cccnc12.Oc1cccc2cccnc12.Oc1cccc2cccnc12.[GaH3]. The van der Waals surface area contributed by atoms with Gasteiger partial charge in [0.1, 0.15) is 33.8 Å². The third-order valence-electron chi connectivity index (χ3n) is 4.83. The number of aromatic hydroxyl groups is 3. The summed E-state index contributed by atoms with van der Waals surface area (Å²) in [6.07, 6.45) is 5.01. The van der Waals surface area contributed by atoms with Crippen molar-refractivity contribution in [3.8, 4) is 17.2 Å². The fourth-order valence-electron chi connectivity index (χ4n) is 3.26. The molecule has 6 aromatic rings. The average Bonchev–Trinajstić information content (AvgIpc) is 2.86. The van der Waals surface area contributed by atoms with Gasteiger partial charge in [-0.1, -0.05) is 54.6 Å². The first-order valence-electron chi connectivity index (χ1n) is 10.2. The number of nitrogens with zero attached hydrogens (tertiary/aromatic N) is 3. The van der Waals surface area contributed by atoms with E-state index in [2.05, 4.69) is 15.0 Å². The zero-order valence-electron chi connectivity index (χ0n) is 17.6. The summed E-state index contributed by atoms with van der Waals surface area (Å²) in [7, 11) is 0. The minimum absolute atomic E-state index is 0. The first-order valence-corrected chi connectivity index (χ1v) is 10.2. The average molecular weight is 508 g/mol. The van der Waals surface area contributed by atoms with Crippen LogP contribution in [0.4, 0.5) is 0 Å². The molecule has 0 saturated carbocycles. The Kier molecular flexibility index (Phi) is 8.45. The van der Waals surface area contributed by atoms with E-state index in [4.69, 9.17) is 0 Å². The van der Waals surface area contributed by atoms with Crippen LogP contribution in [-0.2, 0) is 0 Å². The molecule has 0 spiro atoms. The van der Waals surface area contributed by atoms with Crippen molar-refractivity contribution in [2.24, 2.45) is 0 Å². The van der Waals surface area contributed by atoms with E-state index in [1.807, 2.05) is 54.6 Å². The molecular weight excluding hydrogens is 484 g/mol. The molecule has 7 heteroatoms. The number of hydrogen-bond donors (Lipinski definition) is 3. The van der Waals surface area contributed by atoms with E-state index < -0.39 is 0 Å². The molecule has 6 rings (SSSR count). The zero-order chi connectivity index (χ0) is 23.0. The van der Waals surface area contributed by atoms with Crippen LogP contribution in [-0.4, -0.2) is 50.1 Å². The van der Waals surface area contributed by atoms with Crippen LogP contribution in [0.25, 0.3) is 32.7 Å². The van der Waals surface area contributed by atoms with Crippen molar-refractivity contribution in [1.82, 2.24) is 15.0 Å². The van der Waals surface area contributed by atoms with Crippen LogP contribution < -0.4 is 0 Å². The van der Waals surface area contributed by atoms with Gasteiger partial charge >= 0.3 is 19.8 Å². The molecular formula is C27H24GaN3O3. The Hall–Kier alpha value is -4.07. The van der Waals surface area contributed by atoms with Crippen molar-refractivity contribution in [3.63, 3.8) is 0 Å². The molecule has 0 bridgehead atoms. The van der Waals surface area contributed by atoms with Gasteiger partial charge in [0.05, 0.1) is 0 Å². The molecule has 0 aliphatic heterocycles. The number of phenolic OH excluding ortho intramolecular Hbond substituents is 3. The van der Waals surface area contributed by atoms with Gasteiger partial charge < -0.3 is 15.3 Å². The summed E-state index contributed by atoms with van der Waals surface area (Å²) in [6, 6.07) is 27.4. The van der Waals surface area contributed by atoms with Crippen molar-refractivity contribution < 1.29 is 15.3 Å². The van der Waals surface area contributed by atoms with E-state index in [1.165, 1.54) is 0 Å². The van der Waals surface area contributed by atoms with E-state index >= 15 is 0 Å². The third kappa shape index (κ3) is 5.83. The molecule has 3 aromatic carbocycles. The van der Waals surface area contributed by atoms with Gasteiger partial charge in [0, 0.05) is 34.7 Å². The molecule has 3 heterocycles. The molecule has 0 atom stereocenters. The zero-order valence-corrected chi connectivity index (χ0v) is 17.6. The second-order valence-electron chi connectivity index (χ2n) is 7.06. The standard InChI is InChI=1S/3C9H7NO.Ga.3H/c3*11-8-5-1-3-7-4-2-6-10-9(7)8;;;;/h3*1-6,11H;;;;. The topological polar surface area (TPSA) is 99.4 Å². The Morgan fingerprint density at radius 3 is 0.912 bits per heavy atom. The molecule has 0 radical (unpaired) electrons. The van der Waals surface area contributed by atoms with Gasteiger partial charge in [-0.15, -0.1) is 0 Å². The van der Waals surface area contributed by atoms with E-state index in [1.54, 1.807) is 55.0 Å². The Balaban J connectivity index is 0.000000141. The predicted molar refractivity (Wildman–Crippen MR) is 140 cm³/mol. The summed E-state index contributed by atoms with van der Waals surface area (Å²) in [6.45, 7) is 0. The molecule has 0 unspecified atom stereocenters. The van der Waals surface area contributed by atoms with E-state index in [-0.39, 0.29) is 37.0 Å². The van der Waals surface area contributed by atoms with E-state index in [0.29, 0.717) is 16.6 Å². The van der Waals surface area contributed by atoms with Crippen molar-refractivity contribution in [2.45, 2.75) is 0 Å². The summed E-state index contributed by atoms with van der Waals surface area (Å²) < 4.78 is 0. The number of hydrogen-bond acceptors (Lipinski definition) is 6. The summed E-state index contributed by atoms with van der Waals surface area (Å²) in [4.78, 5) is 12.1. The molecule has 0 aliphatic rings. The van der Waals surface area contributed by atoms with Crippen molar-refractivity contribution >= 4 is 52.5 Å². The Morgan fingerprint density at radius 2 is 0.647 bits per heavy atom. The second-order valence-corrected chi connectivity index (χ2v) is 7.06. The number of pyridine rings is 3. The number of rotatable bonds is 0. The molecule has 0 saturated heterocycles. The third-order valence-corrected chi connectivity index (χ3v) is 4.83. The first-order chi connectivity index (χ1) is 16.1. The van der Waals surface area contributed by atoms with Crippen LogP contribution in [0.2, 0.25) is 0 Å². The monoisotopic (exact) mass is 507 g/mol. The van der Waals surface area contributed by atoms with E-state index in [9.17, 15) is 15.3 Å². The number of benzene rings is 3. The molecule has 3 N–H and O–H groups in total. The Labute approximate surface area is 209 Å². The molecule has 168 valence electrons. The van der Waals surface area contributed by atoms with Crippen molar-refractivity contribution in [3.05, 3.63) is 110 Å². The van der Waals surface area contributed by atoms with Gasteiger partial charge in [-0.2, -0.15) is 0 Å². The van der Waals surface area contributed by atoms with Crippen molar-refractivity contribution in [2.75, 3.05) is 0 Å². The van der Waals surface area contributed by atoms with Gasteiger partial charge in [0.25, 0.3) is 0 Å². The summed E-state index contributed by atoms with van der Waals surface area (Å²) >= 11 is 0. The quantitative estimate of drug-likeness (QED) is 0.259. The second kappa shape index (κ2) is 11.7. The van der Waals surface area contributed by atoms with Gasteiger partial charge in [-0.25, -0.2) is 0 Å². The van der Waals surface area contributed by atoms with Crippen LogP contribution >= 0.6 is 0 Å². The molecule has 0 fully saturated rings. The van der Waals surface area contributed by atoms with Gasteiger partial charge in [-0.05, 0) is 36.4 Å². The number of phenols is 3. The summed E-state index contributed by atoms with van der Waals surface area (Å²) in [5, 5.41) is 30.8. The normalized spacial score (nSPS) is 9.88. The van der Waals surface area contributed by atoms with Gasteiger partial charge in [0.2, 0.25) is 0 Å². The molecule has 0 aliphatic carbocycles. The molecule has 0 amide bonds. The fourth-order valence-corrected chi connectivity index (χ4v) is 3.26. The summed E-state index contributed by atoms with van der Waals surface area (Å²) in [5.74, 6) is 0.717. The molecule has 6 nitrogen and oxygen atoms in total. The number of fused-ring (bicyclic) bond motifs is 3.